The zero-order chi connectivity index (χ0) is 22.0. The number of halogens is 1. The molecule has 0 aliphatic heterocycles. The molecule has 0 aliphatic carbocycles. The smallest absolute Gasteiger partial charge is 0.235 e. The van der Waals surface area contributed by atoms with Gasteiger partial charge in [0.25, 0.3) is 0 Å². The molecule has 4 aromatic rings. The van der Waals surface area contributed by atoms with Crippen molar-refractivity contribution in [3.63, 3.8) is 0 Å². The van der Waals surface area contributed by atoms with E-state index in [4.69, 9.17) is 0 Å². The van der Waals surface area contributed by atoms with Gasteiger partial charge in [0.15, 0.2) is 5.16 Å². The van der Waals surface area contributed by atoms with Crippen molar-refractivity contribution in [2.75, 3.05) is 11.1 Å². The lowest BCUT2D eigenvalue weighted by molar-refractivity contribution is -0.113. The van der Waals surface area contributed by atoms with Gasteiger partial charge in [-0.05, 0) is 49.2 Å². The molecule has 0 radical (unpaired) electrons. The number of carbonyl (C=O) groups is 1. The number of anilines is 1. The summed E-state index contributed by atoms with van der Waals surface area (Å²) in [4.78, 5) is 17.1. The van der Waals surface area contributed by atoms with Crippen molar-refractivity contribution in [2.24, 2.45) is 0 Å². The van der Waals surface area contributed by atoms with Crippen LogP contribution >= 0.6 is 11.8 Å². The van der Waals surface area contributed by atoms with Crippen molar-refractivity contribution in [3.8, 4) is 6.07 Å². The second kappa shape index (κ2) is 8.66. The van der Waals surface area contributed by atoms with Gasteiger partial charge in [0.2, 0.25) is 5.91 Å². The van der Waals surface area contributed by atoms with Gasteiger partial charge in [-0.25, -0.2) is 9.37 Å². The number of fused-ring (bicyclic) bond motifs is 1. The average molecular weight is 434 g/mol. The van der Waals surface area contributed by atoms with Crippen LogP contribution in [0.1, 0.15) is 22.4 Å². The summed E-state index contributed by atoms with van der Waals surface area (Å²) in [5, 5.41) is 13.3. The number of aromatic nitrogens is 3. The fourth-order valence-corrected chi connectivity index (χ4v) is 4.19. The number of benzene rings is 1. The second-order valence-electron chi connectivity index (χ2n) is 7.13. The third kappa shape index (κ3) is 4.18. The highest BCUT2D eigenvalue weighted by atomic mass is 32.2. The van der Waals surface area contributed by atoms with Crippen LogP contribution in [0.25, 0.3) is 5.52 Å². The van der Waals surface area contributed by atoms with E-state index in [0.29, 0.717) is 17.9 Å². The Morgan fingerprint density at radius 3 is 2.74 bits per heavy atom. The Balaban J connectivity index is 1.55. The van der Waals surface area contributed by atoms with Crippen LogP contribution in [0, 0.1) is 31.0 Å². The predicted octanol–water partition coefficient (Wildman–Crippen LogP) is 4.54. The number of hydrogen-bond donors (Lipinski definition) is 1. The maximum atomic E-state index is 13.3. The van der Waals surface area contributed by atoms with Crippen LogP contribution < -0.4 is 5.32 Å². The van der Waals surface area contributed by atoms with Crippen LogP contribution in [-0.2, 0) is 11.3 Å². The molecule has 0 spiro atoms. The molecule has 1 aromatic carbocycles. The number of hydrogen-bond acceptors (Lipinski definition) is 4. The fraction of sp³-hybridized carbons (Fsp3) is 0.174. The monoisotopic (exact) mass is 433 g/mol. The van der Waals surface area contributed by atoms with Gasteiger partial charge < -0.3 is 9.88 Å². The third-order valence-corrected chi connectivity index (χ3v) is 6.16. The fourth-order valence-electron chi connectivity index (χ4n) is 3.42. The predicted molar refractivity (Wildman–Crippen MR) is 119 cm³/mol. The lowest BCUT2D eigenvalue weighted by Gasteiger charge is -2.13. The summed E-state index contributed by atoms with van der Waals surface area (Å²) in [6, 6.07) is 14.2. The van der Waals surface area contributed by atoms with Crippen molar-refractivity contribution in [1.29, 1.82) is 5.26 Å². The minimum atomic E-state index is -0.307. The Bertz CT molecular complexity index is 1300. The molecule has 8 heteroatoms. The molecule has 0 saturated carbocycles. The van der Waals surface area contributed by atoms with E-state index in [1.54, 1.807) is 18.3 Å². The molecule has 0 unspecified atom stereocenters. The standard InChI is InChI=1S/C23H20FN5OS/c1-15-16(2)29(13-17-6-8-18(24)9-7-17)22(20(15)11-25)27-21(30)14-31-23-26-12-19-5-3-4-10-28(19)23/h3-10,12H,13-14H2,1-2H3,(H,27,30). The second-order valence-corrected chi connectivity index (χ2v) is 8.07. The maximum absolute atomic E-state index is 13.3. The van der Waals surface area contributed by atoms with Crippen molar-refractivity contribution in [2.45, 2.75) is 25.5 Å². The number of carbonyl (C=O) groups excluding carboxylic acids is 1. The first-order valence-electron chi connectivity index (χ1n) is 9.67. The highest BCUT2D eigenvalue weighted by Gasteiger charge is 2.20. The molecule has 0 bridgehead atoms. The van der Waals surface area contributed by atoms with Gasteiger partial charge in [-0.3, -0.25) is 9.20 Å². The molecule has 31 heavy (non-hydrogen) atoms. The van der Waals surface area contributed by atoms with Crippen molar-refractivity contribution < 1.29 is 9.18 Å². The van der Waals surface area contributed by atoms with Crippen molar-refractivity contribution >= 4 is 29.0 Å². The zero-order valence-electron chi connectivity index (χ0n) is 17.1. The molecule has 0 fully saturated rings. The van der Waals surface area contributed by atoms with Crippen LogP contribution in [0.5, 0.6) is 0 Å². The molecule has 1 N–H and O–H groups in total. The first-order valence-corrected chi connectivity index (χ1v) is 10.7. The summed E-state index contributed by atoms with van der Waals surface area (Å²) in [6.45, 7) is 4.18. The van der Waals surface area contributed by atoms with Crippen molar-refractivity contribution in [1.82, 2.24) is 14.0 Å². The molecule has 6 nitrogen and oxygen atoms in total. The summed E-state index contributed by atoms with van der Waals surface area (Å²) >= 11 is 1.33. The summed E-state index contributed by atoms with van der Waals surface area (Å²) in [5.74, 6) is 0.0741. The van der Waals surface area contributed by atoms with E-state index in [1.807, 2.05) is 47.2 Å². The van der Waals surface area contributed by atoms with Gasteiger partial charge in [-0.15, -0.1) is 0 Å². The highest BCUT2D eigenvalue weighted by molar-refractivity contribution is 7.99. The molecule has 0 aliphatic rings. The quantitative estimate of drug-likeness (QED) is 0.453. The Kier molecular flexibility index (Phi) is 5.78. The minimum absolute atomic E-state index is 0.151. The van der Waals surface area contributed by atoms with E-state index in [9.17, 15) is 14.4 Å². The van der Waals surface area contributed by atoms with Crippen LogP contribution in [0.3, 0.4) is 0 Å². The topological polar surface area (TPSA) is 75.1 Å². The van der Waals surface area contributed by atoms with E-state index in [-0.39, 0.29) is 17.5 Å². The number of thioether (sulfide) groups is 1. The summed E-state index contributed by atoms with van der Waals surface area (Å²) < 4.78 is 17.1. The summed E-state index contributed by atoms with van der Waals surface area (Å²) in [6.07, 6.45) is 3.66. The van der Waals surface area contributed by atoms with Crippen LogP contribution in [0.4, 0.5) is 10.2 Å². The van der Waals surface area contributed by atoms with E-state index >= 15 is 0 Å². The van der Waals surface area contributed by atoms with Gasteiger partial charge in [0.1, 0.15) is 17.7 Å². The number of rotatable bonds is 6. The largest absolute Gasteiger partial charge is 0.326 e. The van der Waals surface area contributed by atoms with Crippen LogP contribution in [0.2, 0.25) is 0 Å². The average Bonchev–Trinajstić information content (AvgIpc) is 3.28. The minimum Gasteiger partial charge on any atom is -0.326 e. The zero-order valence-corrected chi connectivity index (χ0v) is 17.9. The Hall–Kier alpha value is -3.57. The van der Waals surface area contributed by atoms with Gasteiger partial charge in [0.05, 0.1) is 23.0 Å². The molecular weight excluding hydrogens is 413 g/mol. The van der Waals surface area contributed by atoms with E-state index in [2.05, 4.69) is 16.4 Å². The number of nitriles is 1. The third-order valence-electron chi connectivity index (χ3n) is 5.19. The first kappa shape index (κ1) is 20.7. The molecule has 4 rings (SSSR count). The number of pyridine rings is 1. The number of amides is 1. The van der Waals surface area contributed by atoms with E-state index in [1.165, 1.54) is 23.9 Å². The number of imidazole rings is 1. The molecule has 0 saturated heterocycles. The molecule has 1 amide bonds. The lowest BCUT2D eigenvalue weighted by Crippen LogP contribution is -2.18. The summed E-state index contributed by atoms with van der Waals surface area (Å²) in [5.41, 5.74) is 3.95. The normalized spacial score (nSPS) is 10.9. The molecule has 156 valence electrons. The van der Waals surface area contributed by atoms with Crippen LogP contribution in [-0.4, -0.2) is 25.6 Å². The van der Waals surface area contributed by atoms with Gasteiger partial charge in [-0.2, -0.15) is 5.26 Å². The van der Waals surface area contributed by atoms with Gasteiger partial charge >= 0.3 is 0 Å². The Morgan fingerprint density at radius 2 is 2.00 bits per heavy atom. The lowest BCUT2D eigenvalue weighted by atomic mass is 10.2. The van der Waals surface area contributed by atoms with Crippen LogP contribution in [0.15, 0.2) is 60.0 Å². The Morgan fingerprint density at radius 1 is 1.23 bits per heavy atom. The molecule has 0 atom stereocenters. The molecular formula is C23H20FN5OS. The maximum Gasteiger partial charge on any atom is 0.235 e. The summed E-state index contributed by atoms with van der Waals surface area (Å²) in [7, 11) is 0. The first-order chi connectivity index (χ1) is 15.0. The van der Waals surface area contributed by atoms with E-state index in [0.717, 1.165) is 27.5 Å². The highest BCUT2D eigenvalue weighted by Crippen LogP contribution is 2.28. The number of nitrogens with one attached hydrogen (secondary N) is 1. The van der Waals surface area contributed by atoms with Gasteiger partial charge in [0, 0.05) is 18.4 Å². The van der Waals surface area contributed by atoms with Crippen molar-refractivity contribution in [3.05, 3.63) is 83.1 Å². The molecule has 3 aromatic heterocycles. The Labute approximate surface area is 183 Å². The van der Waals surface area contributed by atoms with E-state index < -0.39 is 0 Å². The molecule has 3 heterocycles. The number of nitrogens with zero attached hydrogens (tertiary/aromatic N) is 4. The van der Waals surface area contributed by atoms with Gasteiger partial charge in [-0.1, -0.05) is 30.0 Å². The SMILES string of the molecule is Cc1c(C#N)c(NC(=O)CSc2ncc3ccccn23)n(Cc2ccc(F)cc2)c1C.